The quantitative estimate of drug-likeness (QED) is 0.202. The third kappa shape index (κ3) is 5.46. The third-order valence-electron chi connectivity index (χ3n) is 8.68. The van der Waals surface area contributed by atoms with Gasteiger partial charge in [-0.05, 0) is 86.3 Å². The fraction of sp³-hybridized carbons (Fsp3) is 0.189. The number of carbonyl (C=O) groups is 1. The van der Waals surface area contributed by atoms with Gasteiger partial charge in [-0.1, -0.05) is 48.5 Å². The van der Waals surface area contributed by atoms with Crippen LogP contribution in [0.4, 0.5) is 0 Å². The molecule has 1 fully saturated rings. The van der Waals surface area contributed by atoms with Gasteiger partial charge in [0.1, 0.15) is 0 Å². The van der Waals surface area contributed by atoms with Crippen molar-refractivity contribution in [2.75, 3.05) is 6.26 Å². The Kier molecular flexibility index (Phi) is 6.97. The molecular formula is C37H32N4O3S. The van der Waals surface area contributed by atoms with Crippen molar-refractivity contribution in [1.82, 2.24) is 20.3 Å². The van der Waals surface area contributed by atoms with Gasteiger partial charge in [-0.15, -0.1) is 0 Å². The van der Waals surface area contributed by atoms with Crippen molar-refractivity contribution >= 4 is 37.7 Å². The Morgan fingerprint density at radius 3 is 2.11 bits per heavy atom. The van der Waals surface area contributed by atoms with Gasteiger partial charge in [0.15, 0.2) is 9.84 Å². The Bertz CT molecular complexity index is 2220. The molecule has 2 aromatic heterocycles. The molecule has 2 heterocycles. The minimum atomic E-state index is -3.41. The van der Waals surface area contributed by atoms with E-state index in [0.29, 0.717) is 22.5 Å². The molecule has 6 aromatic rings. The molecule has 1 N–H and O–H groups in total. The molecule has 8 heteroatoms. The molecule has 0 atom stereocenters. The van der Waals surface area contributed by atoms with E-state index in [1.54, 1.807) is 20.0 Å². The summed E-state index contributed by atoms with van der Waals surface area (Å²) >= 11 is 0. The van der Waals surface area contributed by atoms with Crippen LogP contribution in [-0.4, -0.2) is 41.6 Å². The Morgan fingerprint density at radius 2 is 1.44 bits per heavy atom. The molecule has 0 saturated heterocycles. The predicted octanol–water partition coefficient (Wildman–Crippen LogP) is 7.35. The van der Waals surface area contributed by atoms with E-state index in [1.165, 1.54) is 6.26 Å². The number of nitrogens with zero attached hydrogens (tertiary/aromatic N) is 3. The highest BCUT2D eigenvalue weighted by Gasteiger charge is 2.33. The first-order valence-corrected chi connectivity index (χ1v) is 16.9. The number of fused-ring (bicyclic) bond motifs is 2. The average Bonchev–Trinajstić information content (AvgIpc) is 3.87. The van der Waals surface area contributed by atoms with Crippen LogP contribution in [0.25, 0.3) is 55.6 Å². The summed E-state index contributed by atoms with van der Waals surface area (Å²) in [5.41, 5.74) is 8.47. The number of aromatic nitrogens is 3. The van der Waals surface area contributed by atoms with Crippen molar-refractivity contribution in [3.8, 4) is 33.6 Å². The predicted molar refractivity (Wildman–Crippen MR) is 180 cm³/mol. The highest BCUT2D eigenvalue weighted by Crippen LogP contribution is 2.38. The van der Waals surface area contributed by atoms with E-state index in [0.717, 1.165) is 57.0 Å². The maximum atomic E-state index is 12.8. The van der Waals surface area contributed by atoms with Crippen LogP contribution >= 0.6 is 0 Å². The van der Waals surface area contributed by atoms with E-state index in [4.69, 9.17) is 9.97 Å². The van der Waals surface area contributed by atoms with Gasteiger partial charge in [0.25, 0.3) is 5.91 Å². The average molecular weight is 613 g/mol. The van der Waals surface area contributed by atoms with Gasteiger partial charge >= 0.3 is 0 Å². The highest BCUT2D eigenvalue weighted by molar-refractivity contribution is 7.91. The number of pyridine rings is 1. The van der Waals surface area contributed by atoms with E-state index in [1.807, 2.05) is 91.0 Å². The number of hydrogen-bond acceptors (Lipinski definition) is 6. The Balaban J connectivity index is 1.38. The molecular weight excluding hydrogens is 580 g/mol. The molecule has 1 aliphatic carbocycles. The van der Waals surface area contributed by atoms with Crippen LogP contribution in [0.15, 0.2) is 103 Å². The minimum Gasteiger partial charge on any atom is -0.349 e. The molecule has 0 spiro atoms. The van der Waals surface area contributed by atoms with Gasteiger partial charge < -0.3 is 5.32 Å². The molecule has 0 radical (unpaired) electrons. The number of rotatable bonds is 7. The smallest absolute Gasteiger partial charge is 0.251 e. The van der Waals surface area contributed by atoms with E-state index < -0.39 is 14.6 Å². The van der Waals surface area contributed by atoms with E-state index >= 15 is 0 Å². The summed E-state index contributed by atoms with van der Waals surface area (Å²) in [5.74, 6) is -0.0660. The second kappa shape index (κ2) is 10.9. The lowest BCUT2D eigenvalue weighted by Crippen LogP contribution is -2.28. The summed E-state index contributed by atoms with van der Waals surface area (Å²) in [5, 5.41) is 3.91. The summed E-state index contributed by atoms with van der Waals surface area (Å²) in [6, 6.07) is 31.3. The lowest BCUT2D eigenvalue weighted by atomic mass is 9.92. The normalized spacial score (nSPS) is 13.7. The maximum absolute atomic E-state index is 12.8. The van der Waals surface area contributed by atoms with Gasteiger partial charge in [0, 0.05) is 46.1 Å². The van der Waals surface area contributed by atoms with Crippen LogP contribution in [0, 0.1) is 0 Å². The number of para-hydroxylation sites is 2. The first-order valence-electron chi connectivity index (χ1n) is 15.0. The van der Waals surface area contributed by atoms with Crippen molar-refractivity contribution in [3.05, 3.63) is 114 Å². The highest BCUT2D eigenvalue weighted by atomic mass is 32.2. The summed E-state index contributed by atoms with van der Waals surface area (Å²) in [4.78, 5) is 27.4. The number of sulfone groups is 1. The summed E-state index contributed by atoms with van der Waals surface area (Å²) in [6.07, 6.45) is 5.08. The van der Waals surface area contributed by atoms with Gasteiger partial charge in [-0.25, -0.2) is 18.4 Å². The zero-order valence-corrected chi connectivity index (χ0v) is 26.1. The molecule has 1 aliphatic rings. The number of benzene rings is 4. The summed E-state index contributed by atoms with van der Waals surface area (Å²) in [7, 11) is -3.41. The minimum absolute atomic E-state index is 0.0660. The number of carbonyl (C=O) groups excluding carboxylic acids is 1. The molecule has 7 nitrogen and oxygen atoms in total. The zero-order valence-electron chi connectivity index (χ0n) is 25.3. The van der Waals surface area contributed by atoms with Crippen molar-refractivity contribution < 1.29 is 13.2 Å². The molecule has 224 valence electrons. The fourth-order valence-corrected chi connectivity index (χ4v) is 6.03. The van der Waals surface area contributed by atoms with Crippen LogP contribution in [0.1, 0.15) is 42.6 Å². The zero-order chi connectivity index (χ0) is 31.3. The van der Waals surface area contributed by atoms with Gasteiger partial charge in [-0.3, -0.25) is 9.78 Å². The number of hydrogen-bond donors (Lipinski definition) is 1. The third-order valence-corrected chi connectivity index (χ3v) is 10.8. The molecule has 0 bridgehead atoms. The van der Waals surface area contributed by atoms with Crippen LogP contribution < -0.4 is 5.32 Å². The maximum Gasteiger partial charge on any atom is 0.251 e. The van der Waals surface area contributed by atoms with Crippen molar-refractivity contribution in [3.63, 3.8) is 0 Å². The molecule has 0 aliphatic heterocycles. The summed E-state index contributed by atoms with van der Waals surface area (Å²) in [6.45, 7) is 3.47. The largest absolute Gasteiger partial charge is 0.349 e. The molecule has 0 unspecified atom stereocenters. The van der Waals surface area contributed by atoms with Crippen LogP contribution in [0.2, 0.25) is 0 Å². The van der Waals surface area contributed by atoms with E-state index in [9.17, 15) is 13.2 Å². The first kappa shape index (κ1) is 28.8. The molecule has 45 heavy (non-hydrogen) atoms. The monoisotopic (exact) mass is 612 g/mol. The standard InChI is InChI=1S/C37H32N4O3S/c1-37(2,45(3,43)44)28-21-27-10-7-19-38-33(27)30(22-28)25-8-6-9-26(20-25)35-34(40-31-11-4-5-12-32(31)41-35)23-13-15-24(16-14-23)36(42)39-29-17-18-29/h4-16,19-22,29H,17-18H2,1-3H3,(H,39,42). The van der Waals surface area contributed by atoms with Crippen molar-refractivity contribution in [2.45, 2.75) is 37.5 Å². The lowest BCUT2D eigenvalue weighted by molar-refractivity contribution is 0.0951. The molecule has 1 amide bonds. The Morgan fingerprint density at radius 1 is 0.778 bits per heavy atom. The van der Waals surface area contributed by atoms with Gasteiger partial charge in [0.05, 0.1) is 32.7 Å². The van der Waals surface area contributed by atoms with Crippen molar-refractivity contribution in [1.29, 1.82) is 0 Å². The molecule has 7 rings (SSSR count). The number of amides is 1. The van der Waals surface area contributed by atoms with Crippen LogP contribution in [0.5, 0.6) is 0 Å². The van der Waals surface area contributed by atoms with E-state index in [-0.39, 0.29) is 11.9 Å². The van der Waals surface area contributed by atoms with Crippen LogP contribution in [-0.2, 0) is 14.6 Å². The number of nitrogens with one attached hydrogen (secondary N) is 1. The second-order valence-corrected chi connectivity index (χ2v) is 14.8. The molecule has 1 saturated carbocycles. The second-order valence-electron chi connectivity index (χ2n) is 12.2. The topological polar surface area (TPSA) is 102 Å². The lowest BCUT2D eigenvalue weighted by Gasteiger charge is -2.24. The van der Waals surface area contributed by atoms with Crippen LogP contribution in [0.3, 0.4) is 0 Å². The van der Waals surface area contributed by atoms with Crippen molar-refractivity contribution in [2.24, 2.45) is 0 Å². The van der Waals surface area contributed by atoms with Gasteiger partial charge in [-0.2, -0.15) is 0 Å². The van der Waals surface area contributed by atoms with E-state index in [2.05, 4.69) is 16.4 Å². The Hall–Kier alpha value is -4.95. The SMILES string of the molecule is CC(C)(c1cc(-c2cccc(-c3nc4ccccc4nc3-c3ccc(C(=O)NC4CC4)cc3)c2)c2ncccc2c1)S(C)(=O)=O. The Labute approximate surface area is 262 Å². The fourth-order valence-electron chi connectivity index (χ4n) is 5.49. The van der Waals surface area contributed by atoms with Gasteiger partial charge in [0.2, 0.25) is 0 Å². The first-order chi connectivity index (χ1) is 21.6. The summed E-state index contributed by atoms with van der Waals surface area (Å²) < 4.78 is 24.5. The molecule has 4 aromatic carbocycles.